The van der Waals surface area contributed by atoms with E-state index in [0.29, 0.717) is 17.2 Å². The van der Waals surface area contributed by atoms with Gasteiger partial charge in [-0.15, -0.1) is 0 Å². The van der Waals surface area contributed by atoms with Gasteiger partial charge in [0.2, 0.25) is 0 Å². The number of carboxylic acid groups (broad SMARTS) is 1. The molecule has 3 aromatic rings. The zero-order chi connectivity index (χ0) is 16.6. The van der Waals surface area contributed by atoms with Crippen molar-refractivity contribution in [1.29, 1.82) is 0 Å². The van der Waals surface area contributed by atoms with Crippen LogP contribution < -0.4 is 11.0 Å². The fourth-order valence-electron chi connectivity index (χ4n) is 2.39. The van der Waals surface area contributed by atoms with E-state index >= 15 is 0 Å². The molecule has 2 heterocycles. The van der Waals surface area contributed by atoms with E-state index in [-0.39, 0.29) is 5.69 Å². The summed E-state index contributed by atoms with van der Waals surface area (Å²) in [6.07, 6.45) is 0.528. The van der Waals surface area contributed by atoms with Gasteiger partial charge in [-0.3, -0.25) is 4.40 Å². The Hall–Kier alpha value is -2.36. The molecular formula is C15H13IN4O3. The molecule has 7 nitrogen and oxygen atoms in total. The van der Waals surface area contributed by atoms with Crippen LogP contribution in [0.3, 0.4) is 0 Å². The Morgan fingerprint density at radius 3 is 2.70 bits per heavy atom. The SMILES string of the molecule is CC(NC(=O)O)c1nc2cc(I)cn2c(=O)n1-c1ccccc1. The van der Waals surface area contributed by atoms with E-state index < -0.39 is 12.1 Å². The van der Waals surface area contributed by atoms with Gasteiger partial charge in [0, 0.05) is 9.77 Å². The zero-order valence-electron chi connectivity index (χ0n) is 12.1. The zero-order valence-corrected chi connectivity index (χ0v) is 14.3. The number of nitrogens with zero attached hydrogens (tertiary/aromatic N) is 3. The lowest BCUT2D eigenvalue weighted by Gasteiger charge is -2.17. The average Bonchev–Trinajstić information content (AvgIpc) is 2.88. The van der Waals surface area contributed by atoms with Gasteiger partial charge >= 0.3 is 11.8 Å². The molecule has 1 atom stereocenters. The van der Waals surface area contributed by atoms with E-state index in [0.717, 1.165) is 3.57 Å². The van der Waals surface area contributed by atoms with E-state index in [4.69, 9.17) is 5.11 Å². The molecule has 2 N–H and O–H groups in total. The Morgan fingerprint density at radius 1 is 1.35 bits per heavy atom. The Bertz CT molecular complexity index is 933. The second-order valence-corrected chi connectivity index (χ2v) is 6.23. The summed E-state index contributed by atoms with van der Waals surface area (Å²) in [4.78, 5) is 28.3. The van der Waals surface area contributed by atoms with Crippen LogP contribution in [0.1, 0.15) is 18.8 Å². The molecule has 0 radical (unpaired) electrons. The van der Waals surface area contributed by atoms with Crippen LogP contribution in [0.2, 0.25) is 0 Å². The molecule has 1 aromatic carbocycles. The Labute approximate surface area is 144 Å². The third-order valence-corrected chi connectivity index (χ3v) is 3.95. The van der Waals surface area contributed by atoms with Crippen LogP contribution in [0.15, 0.2) is 47.4 Å². The van der Waals surface area contributed by atoms with Crippen LogP contribution in [0, 0.1) is 3.57 Å². The second kappa shape index (κ2) is 6.03. The highest BCUT2D eigenvalue weighted by molar-refractivity contribution is 14.1. The van der Waals surface area contributed by atoms with Crippen LogP contribution in [-0.2, 0) is 0 Å². The quantitative estimate of drug-likeness (QED) is 0.633. The lowest BCUT2D eigenvalue weighted by atomic mass is 10.2. The maximum absolute atomic E-state index is 12.9. The average molecular weight is 424 g/mol. The van der Waals surface area contributed by atoms with Gasteiger partial charge in [-0.25, -0.2) is 19.1 Å². The molecule has 8 heteroatoms. The van der Waals surface area contributed by atoms with Crippen LogP contribution in [0.4, 0.5) is 4.79 Å². The van der Waals surface area contributed by atoms with Crippen LogP contribution in [0.25, 0.3) is 11.3 Å². The van der Waals surface area contributed by atoms with E-state index in [2.05, 4.69) is 32.9 Å². The molecule has 0 bridgehead atoms. The lowest BCUT2D eigenvalue weighted by Crippen LogP contribution is -2.34. The van der Waals surface area contributed by atoms with E-state index in [1.165, 1.54) is 8.97 Å². The first kappa shape index (κ1) is 15.5. The fourth-order valence-corrected chi connectivity index (χ4v) is 2.95. The minimum absolute atomic E-state index is 0.293. The van der Waals surface area contributed by atoms with Crippen molar-refractivity contribution in [2.45, 2.75) is 13.0 Å². The summed E-state index contributed by atoms with van der Waals surface area (Å²) < 4.78 is 3.75. The lowest BCUT2D eigenvalue weighted by molar-refractivity contribution is 0.190. The number of benzene rings is 1. The summed E-state index contributed by atoms with van der Waals surface area (Å²) in [6, 6.07) is 10.2. The van der Waals surface area contributed by atoms with Crippen LogP contribution >= 0.6 is 22.6 Å². The molecule has 1 amide bonds. The molecule has 3 rings (SSSR count). The molecule has 0 fully saturated rings. The molecular weight excluding hydrogens is 411 g/mol. The number of rotatable bonds is 3. The first-order chi connectivity index (χ1) is 11.0. The molecule has 0 saturated heterocycles. The highest BCUT2D eigenvalue weighted by Crippen LogP contribution is 2.16. The minimum Gasteiger partial charge on any atom is -0.465 e. The summed E-state index contributed by atoms with van der Waals surface area (Å²) in [5.74, 6) is 0.339. The van der Waals surface area contributed by atoms with Crippen molar-refractivity contribution in [2.75, 3.05) is 0 Å². The number of para-hydroxylation sites is 1. The monoisotopic (exact) mass is 424 g/mol. The Balaban J connectivity index is 2.31. The van der Waals surface area contributed by atoms with Gasteiger partial charge in [0.25, 0.3) is 0 Å². The number of nitrogens with one attached hydrogen (secondary N) is 1. The van der Waals surface area contributed by atoms with Gasteiger partial charge in [-0.05, 0) is 47.7 Å². The number of carbonyl (C=O) groups is 1. The van der Waals surface area contributed by atoms with Gasteiger partial charge in [0.1, 0.15) is 11.5 Å². The first-order valence-electron chi connectivity index (χ1n) is 6.83. The minimum atomic E-state index is -1.17. The number of fused-ring (bicyclic) bond motifs is 1. The normalized spacial score (nSPS) is 12.3. The van der Waals surface area contributed by atoms with E-state index in [1.807, 2.05) is 18.2 Å². The number of halogens is 1. The summed E-state index contributed by atoms with van der Waals surface area (Å²) in [6.45, 7) is 1.65. The molecule has 0 aliphatic heterocycles. The standard InChI is InChI=1S/C15H13IN4O3/c1-9(17-14(21)22)13-18-12-7-10(16)8-19(12)15(23)20(13)11-5-3-2-4-6-11/h2-9,17H,1H3,(H,21,22). The summed E-state index contributed by atoms with van der Waals surface area (Å²) in [5, 5.41) is 11.3. The number of amides is 1. The molecule has 1 unspecified atom stereocenters. The second-order valence-electron chi connectivity index (χ2n) is 4.98. The highest BCUT2D eigenvalue weighted by atomic mass is 127. The number of hydrogen-bond donors (Lipinski definition) is 2. The predicted octanol–water partition coefficient (Wildman–Crippen LogP) is 2.42. The summed E-state index contributed by atoms with van der Waals surface area (Å²) in [7, 11) is 0. The fraction of sp³-hybridized carbons (Fsp3) is 0.133. The molecule has 118 valence electrons. The van der Waals surface area contributed by atoms with Gasteiger partial charge in [-0.2, -0.15) is 0 Å². The topological polar surface area (TPSA) is 88.6 Å². The molecule has 0 aliphatic rings. The number of aromatic nitrogens is 3. The molecule has 0 aliphatic carbocycles. The third kappa shape index (κ3) is 2.93. The highest BCUT2D eigenvalue weighted by Gasteiger charge is 2.19. The van der Waals surface area contributed by atoms with Gasteiger partial charge in [0.15, 0.2) is 0 Å². The predicted molar refractivity (Wildman–Crippen MR) is 93.1 cm³/mol. The molecule has 0 saturated carbocycles. The summed E-state index contributed by atoms with van der Waals surface area (Å²) in [5.41, 5.74) is 0.823. The van der Waals surface area contributed by atoms with Crippen molar-refractivity contribution in [3.63, 3.8) is 0 Å². The molecule has 23 heavy (non-hydrogen) atoms. The summed E-state index contributed by atoms with van der Waals surface area (Å²) >= 11 is 2.11. The van der Waals surface area contributed by atoms with Gasteiger partial charge in [0.05, 0.1) is 11.7 Å². The maximum Gasteiger partial charge on any atom is 0.405 e. The van der Waals surface area contributed by atoms with Crippen molar-refractivity contribution < 1.29 is 9.90 Å². The number of hydrogen-bond acceptors (Lipinski definition) is 3. The van der Waals surface area contributed by atoms with Crippen LogP contribution in [0.5, 0.6) is 0 Å². The molecule has 2 aromatic heterocycles. The van der Waals surface area contributed by atoms with Crippen molar-refractivity contribution >= 4 is 34.3 Å². The molecule has 0 spiro atoms. The van der Waals surface area contributed by atoms with Crippen LogP contribution in [-0.4, -0.2) is 25.2 Å². The Morgan fingerprint density at radius 2 is 2.04 bits per heavy atom. The maximum atomic E-state index is 12.9. The third-order valence-electron chi connectivity index (χ3n) is 3.36. The van der Waals surface area contributed by atoms with Gasteiger partial charge < -0.3 is 10.4 Å². The van der Waals surface area contributed by atoms with Crippen molar-refractivity contribution in [1.82, 2.24) is 19.3 Å². The van der Waals surface area contributed by atoms with E-state index in [1.54, 1.807) is 31.3 Å². The smallest absolute Gasteiger partial charge is 0.405 e. The largest absolute Gasteiger partial charge is 0.465 e. The van der Waals surface area contributed by atoms with E-state index in [9.17, 15) is 9.59 Å². The Kier molecular flexibility index (Phi) is 4.07. The van der Waals surface area contributed by atoms with Gasteiger partial charge in [-0.1, -0.05) is 18.2 Å². The van der Waals surface area contributed by atoms with Crippen molar-refractivity contribution in [3.8, 4) is 5.69 Å². The van der Waals surface area contributed by atoms with Crippen molar-refractivity contribution in [3.05, 3.63) is 62.5 Å². The van der Waals surface area contributed by atoms with Crippen molar-refractivity contribution in [2.24, 2.45) is 0 Å². The first-order valence-corrected chi connectivity index (χ1v) is 7.90.